The van der Waals surface area contributed by atoms with E-state index in [0.29, 0.717) is 22.3 Å². The first-order valence-corrected chi connectivity index (χ1v) is 10.5. The summed E-state index contributed by atoms with van der Waals surface area (Å²) in [5.41, 5.74) is 3.83. The van der Waals surface area contributed by atoms with Crippen molar-refractivity contribution in [2.45, 2.75) is 13.8 Å². The molecule has 4 rings (SSSR count). The molecule has 0 aliphatic heterocycles. The van der Waals surface area contributed by atoms with Gasteiger partial charge in [0.15, 0.2) is 11.6 Å². The first kappa shape index (κ1) is 16.9. The molecule has 0 saturated heterocycles. The van der Waals surface area contributed by atoms with Crippen LogP contribution in [-0.2, 0) is 0 Å². The van der Waals surface area contributed by atoms with E-state index in [1.807, 2.05) is 43.5 Å². The van der Waals surface area contributed by atoms with E-state index < -0.39 is 0 Å². The van der Waals surface area contributed by atoms with Crippen molar-refractivity contribution in [2.75, 3.05) is 0 Å². The monoisotopic (exact) mass is 476 g/mol. The lowest BCUT2D eigenvalue weighted by Crippen LogP contribution is -2.20. The number of carbonyl (C=O) groups excluding carboxylic acids is 2. The van der Waals surface area contributed by atoms with Crippen LogP contribution < -0.4 is 0 Å². The molecule has 2 nitrogen and oxygen atoms in total. The molecule has 0 fully saturated rings. The Morgan fingerprint density at radius 1 is 0.800 bits per heavy atom. The molecule has 0 N–H and O–H groups in total. The molecule has 124 valence electrons. The van der Waals surface area contributed by atoms with E-state index in [1.165, 1.54) is 0 Å². The molecule has 0 atom stereocenters. The van der Waals surface area contributed by atoms with Crippen LogP contribution in [0, 0.1) is 16.7 Å². The molecule has 3 aromatic rings. The predicted molar refractivity (Wildman–Crippen MR) is 113 cm³/mol. The fraction of sp³-hybridized carbons (Fsp3) is 0.100. The van der Waals surface area contributed by atoms with Gasteiger partial charge < -0.3 is 0 Å². The van der Waals surface area contributed by atoms with Gasteiger partial charge in [0.2, 0.25) is 0 Å². The van der Waals surface area contributed by atoms with Gasteiger partial charge in [-0.3, -0.25) is 9.59 Å². The van der Waals surface area contributed by atoms with Gasteiger partial charge in [0.1, 0.15) is 0 Å². The Morgan fingerprint density at radius 3 is 1.88 bits per heavy atom. The lowest BCUT2D eigenvalue weighted by Gasteiger charge is -2.21. The predicted octanol–water partition coefficient (Wildman–Crippen LogP) is 6.02. The quantitative estimate of drug-likeness (QED) is 0.424. The van der Waals surface area contributed by atoms with E-state index >= 15 is 0 Å². The molecular weight excluding hydrogens is 463 g/mol. The van der Waals surface area contributed by atoms with Gasteiger partial charge in [0, 0.05) is 37.6 Å². The van der Waals surface area contributed by atoms with Crippen LogP contribution in [0.1, 0.15) is 41.6 Å². The summed E-state index contributed by atoms with van der Waals surface area (Å²) in [5.74, 6) is -0.125. The fourth-order valence-electron chi connectivity index (χ4n) is 3.23. The summed E-state index contributed by atoms with van der Waals surface area (Å²) in [5, 5.41) is 1.97. The van der Waals surface area contributed by atoms with Crippen LogP contribution in [0.25, 0.3) is 11.1 Å². The minimum Gasteiger partial charge on any atom is -0.289 e. The highest BCUT2D eigenvalue weighted by Crippen LogP contribution is 2.42. The van der Waals surface area contributed by atoms with Crippen molar-refractivity contribution in [1.29, 1.82) is 0 Å². The molecular formula is C20H13IO2S2. The number of allylic oxidation sites excluding steroid dienone is 2. The first-order chi connectivity index (χ1) is 12.0. The summed E-state index contributed by atoms with van der Waals surface area (Å²) in [4.78, 5) is 28.8. The number of Topliss-reactive ketones (excluding diaryl/α,β-unsaturated/α-hetero) is 2. The summed E-state index contributed by atoms with van der Waals surface area (Å²) in [6.07, 6.45) is 0. The second kappa shape index (κ2) is 6.30. The zero-order chi connectivity index (χ0) is 17.7. The average molecular weight is 476 g/mol. The Kier molecular flexibility index (Phi) is 4.25. The Hall–Kier alpha value is -1.57. The van der Waals surface area contributed by atoms with Gasteiger partial charge in [-0.05, 0) is 59.5 Å². The van der Waals surface area contributed by atoms with Crippen LogP contribution >= 0.6 is 45.3 Å². The number of benzene rings is 1. The van der Waals surface area contributed by atoms with Gasteiger partial charge in [0.05, 0.1) is 2.88 Å². The van der Waals surface area contributed by atoms with E-state index in [9.17, 15) is 9.59 Å². The van der Waals surface area contributed by atoms with Crippen molar-refractivity contribution in [3.63, 3.8) is 0 Å². The van der Waals surface area contributed by atoms with Crippen molar-refractivity contribution in [3.05, 3.63) is 76.7 Å². The third-order valence-corrected chi connectivity index (χ3v) is 7.06. The highest BCUT2D eigenvalue weighted by Gasteiger charge is 2.35. The normalized spacial score (nSPS) is 14.2. The van der Waals surface area contributed by atoms with E-state index in [1.54, 1.807) is 34.8 Å². The molecule has 0 amide bonds. The SMILES string of the molecule is Cc1sccc1C1=C(c2cc(I)sc2C)C(=O)c2ccccc2C1=O. The molecule has 0 bridgehead atoms. The van der Waals surface area contributed by atoms with Crippen LogP contribution in [0.15, 0.2) is 41.8 Å². The molecule has 0 radical (unpaired) electrons. The summed E-state index contributed by atoms with van der Waals surface area (Å²) in [7, 11) is 0. The second-order valence-corrected chi connectivity index (χ2v) is 10.1. The molecule has 2 heterocycles. The maximum Gasteiger partial charge on any atom is 0.195 e. The Labute approximate surface area is 167 Å². The zero-order valence-electron chi connectivity index (χ0n) is 13.6. The third kappa shape index (κ3) is 2.65. The summed E-state index contributed by atoms with van der Waals surface area (Å²) >= 11 is 5.50. The molecule has 1 aliphatic rings. The fourth-order valence-corrected chi connectivity index (χ4v) is 5.98. The maximum absolute atomic E-state index is 13.3. The second-order valence-electron chi connectivity index (χ2n) is 5.86. The highest BCUT2D eigenvalue weighted by atomic mass is 127. The Morgan fingerprint density at radius 2 is 1.40 bits per heavy atom. The molecule has 1 aliphatic carbocycles. The van der Waals surface area contributed by atoms with E-state index in [-0.39, 0.29) is 11.6 Å². The molecule has 5 heteroatoms. The van der Waals surface area contributed by atoms with Crippen LogP contribution in [0.5, 0.6) is 0 Å². The molecule has 0 spiro atoms. The number of halogens is 1. The van der Waals surface area contributed by atoms with Crippen molar-refractivity contribution in [2.24, 2.45) is 0 Å². The highest BCUT2D eigenvalue weighted by molar-refractivity contribution is 14.1. The van der Waals surface area contributed by atoms with E-state index in [2.05, 4.69) is 22.6 Å². The minimum atomic E-state index is -0.0627. The molecule has 1 aromatic carbocycles. The smallest absolute Gasteiger partial charge is 0.195 e. The number of rotatable bonds is 2. The van der Waals surface area contributed by atoms with Gasteiger partial charge in [-0.2, -0.15) is 0 Å². The maximum atomic E-state index is 13.3. The van der Waals surface area contributed by atoms with Gasteiger partial charge in [-0.1, -0.05) is 24.3 Å². The molecule has 2 aromatic heterocycles. The number of carbonyl (C=O) groups is 2. The topological polar surface area (TPSA) is 34.1 Å². The lowest BCUT2D eigenvalue weighted by molar-refractivity contribution is 0.101. The summed E-state index contributed by atoms with van der Waals surface area (Å²) in [6, 6.07) is 11.1. The van der Waals surface area contributed by atoms with Crippen LogP contribution in [0.4, 0.5) is 0 Å². The zero-order valence-corrected chi connectivity index (χ0v) is 17.3. The number of hydrogen-bond acceptors (Lipinski definition) is 4. The first-order valence-electron chi connectivity index (χ1n) is 7.72. The number of ketones is 2. The Bertz CT molecular complexity index is 1070. The summed E-state index contributed by atoms with van der Waals surface area (Å²) in [6.45, 7) is 4.00. The summed E-state index contributed by atoms with van der Waals surface area (Å²) < 4.78 is 1.11. The molecule has 25 heavy (non-hydrogen) atoms. The van der Waals surface area contributed by atoms with Crippen LogP contribution in [0.2, 0.25) is 0 Å². The standard InChI is InChI=1S/C20H13IO2S2/c1-10-12(7-8-24-10)17-18(15-9-16(21)25-11(15)2)20(23)14-6-4-3-5-13(14)19(17)22/h3-9H,1-2H3. The van der Waals surface area contributed by atoms with Gasteiger partial charge in [-0.15, -0.1) is 22.7 Å². The molecule has 0 unspecified atom stereocenters. The van der Waals surface area contributed by atoms with E-state index in [4.69, 9.17) is 0 Å². The van der Waals surface area contributed by atoms with Crippen LogP contribution in [0.3, 0.4) is 0 Å². The van der Waals surface area contributed by atoms with Gasteiger partial charge in [-0.25, -0.2) is 0 Å². The van der Waals surface area contributed by atoms with Crippen molar-refractivity contribution in [1.82, 2.24) is 0 Å². The van der Waals surface area contributed by atoms with Crippen LogP contribution in [-0.4, -0.2) is 11.6 Å². The number of fused-ring (bicyclic) bond motifs is 1. The van der Waals surface area contributed by atoms with Crippen molar-refractivity contribution >= 4 is 68.0 Å². The average Bonchev–Trinajstić information content (AvgIpc) is 3.15. The minimum absolute atomic E-state index is 0.0619. The number of hydrogen-bond donors (Lipinski definition) is 0. The van der Waals surface area contributed by atoms with Crippen molar-refractivity contribution in [3.8, 4) is 0 Å². The number of aryl methyl sites for hydroxylation is 2. The van der Waals surface area contributed by atoms with E-state index in [0.717, 1.165) is 23.8 Å². The largest absolute Gasteiger partial charge is 0.289 e. The van der Waals surface area contributed by atoms with Crippen molar-refractivity contribution < 1.29 is 9.59 Å². The molecule has 0 saturated carbocycles. The van der Waals surface area contributed by atoms with Gasteiger partial charge >= 0.3 is 0 Å². The third-order valence-electron chi connectivity index (χ3n) is 4.41. The number of thiophene rings is 2. The lowest BCUT2D eigenvalue weighted by atomic mass is 9.79. The van der Waals surface area contributed by atoms with Gasteiger partial charge in [0.25, 0.3) is 0 Å². The Balaban J connectivity index is 2.10.